The molecule has 0 saturated heterocycles. The van der Waals surface area contributed by atoms with Gasteiger partial charge < -0.3 is 20.4 Å². The quantitative estimate of drug-likeness (QED) is 0.360. The third-order valence-corrected chi connectivity index (χ3v) is 3.74. The van der Waals surface area contributed by atoms with Gasteiger partial charge in [0.1, 0.15) is 23.0 Å². The monoisotopic (exact) mass is 320 g/mol. The van der Waals surface area contributed by atoms with Crippen LogP contribution < -0.4 is 0 Å². The van der Waals surface area contributed by atoms with Crippen LogP contribution in [0.1, 0.15) is 0 Å². The lowest BCUT2D eigenvalue weighted by molar-refractivity contribution is 0.457. The summed E-state index contributed by atoms with van der Waals surface area (Å²) in [7, 11) is 0. The smallest absolute Gasteiger partial charge is 0.127 e. The van der Waals surface area contributed by atoms with Crippen molar-refractivity contribution in [2.75, 3.05) is 0 Å². The van der Waals surface area contributed by atoms with E-state index in [1.165, 1.54) is 18.2 Å². The lowest BCUT2D eigenvalue weighted by Crippen LogP contribution is -1.76. The van der Waals surface area contributed by atoms with Gasteiger partial charge in [-0.05, 0) is 29.7 Å². The summed E-state index contributed by atoms with van der Waals surface area (Å²) in [4.78, 5) is 0. The summed E-state index contributed by atoms with van der Waals surface area (Å²) in [5.74, 6) is 0.323. The molecule has 0 aliphatic carbocycles. The molecule has 0 amide bonds. The van der Waals surface area contributed by atoms with Crippen LogP contribution in [0.2, 0.25) is 0 Å². The van der Waals surface area contributed by atoms with Crippen molar-refractivity contribution in [2.45, 2.75) is 0 Å². The summed E-state index contributed by atoms with van der Waals surface area (Å²) in [6, 6.07) is 20.7. The summed E-state index contributed by atoms with van der Waals surface area (Å²) in [5, 5.41) is 40.3. The van der Waals surface area contributed by atoms with Crippen LogP contribution in [0.4, 0.5) is 0 Å². The van der Waals surface area contributed by atoms with Gasteiger partial charge in [-0.25, -0.2) is 0 Å². The normalized spacial score (nSPS) is 10.3. The first kappa shape index (κ1) is 15.5. The van der Waals surface area contributed by atoms with Crippen LogP contribution in [0.5, 0.6) is 23.0 Å². The Hall–Kier alpha value is -3.40. The number of benzene rings is 4. The molecule has 120 valence electrons. The predicted molar refractivity (Wildman–Crippen MR) is 94.6 cm³/mol. The lowest BCUT2D eigenvalue weighted by Gasteiger charge is -2.04. The van der Waals surface area contributed by atoms with E-state index in [9.17, 15) is 20.4 Å². The molecule has 0 spiro atoms. The Kier molecular flexibility index (Phi) is 4.12. The van der Waals surface area contributed by atoms with Crippen molar-refractivity contribution in [3.05, 3.63) is 72.8 Å². The molecule has 0 bridgehead atoms. The van der Waals surface area contributed by atoms with E-state index in [0.29, 0.717) is 11.1 Å². The van der Waals surface area contributed by atoms with Crippen LogP contribution >= 0.6 is 0 Å². The van der Waals surface area contributed by atoms with Crippen LogP contribution in [-0.4, -0.2) is 20.4 Å². The van der Waals surface area contributed by atoms with Gasteiger partial charge in [0.05, 0.1) is 5.39 Å². The highest BCUT2D eigenvalue weighted by Crippen LogP contribution is 2.37. The van der Waals surface area contributed by atoms with Gasteiger partial charge in [-0.2, -0.15) is 0 Å². The van der Waals surface area contributed by atoms with E-state index >= 15 is 0 Å². The SMILES string of the molecule is Oc1ccc(O)c2c(O)cccc12.Oc1cccc2ccccc12. The molecule has 4 aromatic carbocycles. The summed E-state index contributed by atoms with van der Waals surface area (Å²) < 4.78 is 0. The zero-order chi connectivity index (χ0) is 17.1. The van der Waals surface area contributed by atoms with E-state index in [4.69, 9.17) is 0 Å². The largest absolute Gasteiger partial charge is 0.507 e. The summed E-state index contributed by atoms with van der Waals surface area (Å²) >= 11 is 0. The Labute approximate surface area is 138 Å². The molecular weight excluding hydrogens is 304 g/mol. The maximum absolute atomic E-state index is 9.41. The zero-order valence-electron chi connectivity index (χ0n) is 12.7. The molecule has 0 saturated carbocycles. The van der Waals surface area contributed by atoms with Crippen LogP contribution in [0.25, 0.3) is 21.5 Å². The third kappa shape index (κ3) is 2.90. The fourth-order valence-electron chi connectivity index (χ4n) is 2.56. The number of hydrogen-bond acceptors (Lipinski definition) is 4. The summed E-state index contributed by atoms with van der Waals surface area (Å²) in [6.45, 7) is 0. The van der Waals surface area contributed by atoms with Gasteiger partial charge in [-0.1, -0.05) is 48.5 Å². The van der Waals surface area contributed by atoms with E-state index in [1.807, 2.05) is 36.4 Å². The summed E-state index contributed by atoms with van der Waals surface area (Å²) in [6.07, 6.45) is 0. The minimum absolute atomic E-state index is 0.0362. The third-order valence-electron chi connectivity index (χ3n) is 3.74. The molecule has 0 aliphatic heterocycles. The van der Waals surface area contributed by atoms with Crippen LogP contribution in [0.3, 0.4) is 0 Å². The fraction of sp³-hybridized carbons (Fsp3) is 0. The van der Waals surface area contributed by atoms with E-state index < -0.39 is 0 Å². The van der Waals surface area contributed by atoms with E-state index in [-0.39, 0.29) is 22.6 Å². The van der Waals surface area contributed by atoms with Crippen molar-refractivity contribution in [3.8, 4) is 23.0 Å². The highest BCUT2D eigenvalue weighted by atomic mass is 16.3. The van der Waals surface area contributed by atoms with Crippen molar-refractivity contribution >= 4 is 21.5 Å². The standard InChI is InChI=1S/C10H8O3.C10H8O/c11-7-4-5-9(13)10-6(7)2-1-3-8(10)12;11-10-7-3-5-8-4-1-2-6-9(8)10/h1-5,11-13H;1-7,11H. The summed E-state index contributed by atoms with van der Waals surface area (Å²) in [5.41, 5.74) is 0. The molecule has 4 rings (SSSR count). The first-order chi connectivity index (χ1) is 11.6. The van der Waals surface area contributed by atoms with E-state index in [1.54, 1.807) is 18.2 Å². The first-order valence-electron chi connectivity index (χ1n) is 7.37. The van der Waals surface area contributed by atoms with Crippen LogP contribution in [-0.2, 0) is 0 Å². The van der Waals surface area contributed by atoms with Crippen molar-refractivity contribution in [1.82, 2.24) is 0 Å². The molecule has 4 heteroatoms. The number of phenols is 4. The second-order valence-corrected chi connectivity index (χ2v) is 5.30. The lowest BCUT2D eigenvalue weighted by atomic mass is 10.1. The minimum Gasteiger partial charge on any atom is -0.507 e. The van der Waals surface area contributed by atoms with Gasteiger partial charge in [0, 0.05) is 10.8 Å². The minimum atomic E-state index is -0.0362. The van der Waals surface area contributed by atoms with Crippen LogP contribution in [0.15, 0.2) is 72.8 Å². The highest BCUT2D eigenvalue weighted by molar-refractivity contribution is 5.97. The van der Waals surface area contributed by atoms with Crippen LogP contribution in [0, 0.1) is 0 Å². The highest BCUT2D eigenvalue weighted by Gasteiger charge is 2.07. The number of fused-ring (bicyclic) bond motifs is 2. The van der Waals surface area contributed by atoms with Gasteiger partial charge in [-0.15, -0.1) is 0 Å². The van der Waals surface area contributed by atoms with E-state index in [0.717, 1.165) is 10.8 Å². The molecule has 0 unspecified atom stereocenters. The topological polar surface area (TPSA) is 80.9 Å². The van der Waals surface area contributed by atoms with Gasteiger partial charge in [-0.3, -0.25) is 0 Å². The zero-order valence-corrected chi connectivity index (χ0v) is 12.7. The van der Waals surface area contributed by atoms with Gasteiger partial charge >= 0.3 is 0 Å². The molecular formula is C20H16O4. The molecule has 0 atom stereocenters. The van der Waals surface area contributed by atoms with Crippen molar-refractivity contribution in [1.29, 1.82) is 0 Å². The van der Waals surface area contributed by atoms with E-state index in [2.05, 4.69) is 0 Å². The molecule has 4 aromatic rings. The molecule has 24 heavy (non-hydrogen) atoms. The molecule has 0 aliphatic rings. The predicted octanol–water partition coefficient (Wildman–Crippen LogP) is 4.50. The van der Waals surface area contributed by atoms with Crippen molar-refractivity contribution in [2.24, 2.45) is 0 Å². The molecule has 0 heterocycles. The Balaban J connectivity index is 0.000000143. The second kappa shape index (κ2) is 6.38. The number of rotatable bonds is 0. The van der Waals surface area contributed by atoms with Gasteiger partial charge in [0.25, 0.3) is 0 Å². The average Bonchev–Trinajstić information content (AvgIpc) is 2.59. The Morgan fingerprint density at radius 1 is 0.417 bits per heavy atom. The molecule has 0 aromatic heterocycles. The first-order valence-corrected chi connectivity index (χ1v) is 7.37. The second-order valence-electron chi connectivity index (χ2n) is 5.30. The van der Waals surface area contributed by atoms with Gasteiger partial charge in [0.15, 0.2) is 0 Å². The average molecular weight is 320 g/mol. The van der Waals surface area contributed by atoms with Gasteiger partial charge in [0.2, 0.25) is 0 Å². The number of hydrogen-bond donors (Lipinski definition) is 4. The molecule has 0 fully saturated rings. The molecule has 4 N–H and O–H groups in total. The molecule has 4 nitrogen and oxygen atoms in total. The number of aromatic hydroxyl groups is 4. The number of phenolic OH excluding ortho intramolecular Hbond substituents is 4. The fourth-order valence-corrected chi connectivity index (χ4v) is 2.56. The van der Waals surface area contributed by atoms with Crippen molar-refractivity contribution < 1.29 is 20.4 Å². The van der Waals surface area contributed by atoms with Crippen molar-refractivity contribution in [3.63, 3.8) is 0 Å². The Morgan fingerprint density at radius 3 is 1.67 bits per heavy atom. The Morgan fingerprint density at radius 2 is 0.917 bits per heavy atom. The molecule has 0 radical (unpaired) electrons. The Bertz CT molecular complexity index is 995. The maximum Gasteiger partial charge on any atom is 0.127 e. The maximum atomic E-state index is 9.41.